The molecule has 1 aromatic rings. The van der Waals surface area contributed by atoms with Gasteiger partial charge in [-0.3, -0.25) is 23.9 Å². The fraction of sp³-hybridized carbons (Fsp3) is 0.600. The highest BCUT2D eigenvalue weighted by Crippen LogP contribution is 2.36. The topological polar surface area (TPSA) is 117 Å². The summed E-state index contributed by atoms with van der Waals surface area (Å²) in [6.07, 6.45) is -1.89. The first-order valence-corrected chi connectivity index (χ1v) is 8.85. The normalized spacial score (nSPS) is 25.1. The van der Waals surface area contributed by atoms with E-state index in [1.54, 1.807) is 13.8 Å². The van der Waals surface area contributed by atoms with Crippen LogP contribution >= 0.6 is 15.9 Å². The van der Waals surface area contributed by atoms with E-state index in [1.165, 1.54) is 0 Å². The molecule has 1 saturated heterocycles. The summed E-state index contributed by atoms with van der Waals surface area (Å²) in [4.78, 5) is 47.3. The molecule has 1 aromatic heterocycles. The lowest BCUT2D eigenvalue weighted by molar-refractivity contribution is -0.157. The van der Waals surface area contributed by atoms with Crippen molar-refractivity contribution in [2.45, 2.75) is 50.0 Å². The molecular weight excluding hydrogens is 419 g/mol. The van der Waals surface area contributed by atoms with E-state index in [9.17, 15) is 23.6 Å². The summed E-state index contributed by atoms with van der Waals surface area (Å²) in [5, 5.41) is 0. The molecule has 144 valence electrons. The molecule has 0 radical (unpaired) electrons. The molecule has 1 aliphatic rings. The van der Waals surface area contributed by atoms with Gasteiger partial charge >= 0.3 is 17.6 Å². The van der Waals surface area contributed by atoms with Gasteiger partial charge in [-0.25, -0.2) is 4.79 Å². The number of alkyl halides is 1. The number of carbonyl (C=O) groups excluding carboxylic acids is 2. The third-order valence-corrected chi connectivity index (χ3v) is 4.69. The molecule has 2 heterocycles. The molecule has 1 aliphatic heterocycles. The molecule has 4 atom stereocenters. The van der Waals surface area contributed by atoms with Gasteiger partial charge in [0.15, 0.2) is 6.23 Å². The predicted octanol–water partition coefficient (Wildman–Crippen LogP) is 0.612. The van der Waals surface area contributed by atoms with Crippen LogP contribution < -0.4 is 11.2 Å². The van der Waals surface area contributed by atoms with E-state index in [1.807, 2.05) is 4.98 Å². The molecule has 0 bridgehead atoms. The van der Waals surface area contributed by atoms with Gasteiger partial charge in [-0.2, -0.15) is 4.39 Å². The highest BCUT2D eigenvalue weighted by Gasteiger charge is 2.47. The maximum atomic E-state index is 13.6. The first-order chi connectivity index (χ1) is 12.3. The summed E-state index contributed by atoms with van der Waals surface area (Å²) in [6, 6.07) is 0. The van der Waals surface area contributed by atoms with Crippen molar-refractivity contribution < 1.29 is 28.2 Å². The molecule has 26 heavy (non-hydrogen) atoms. The number of aromatic nitrogens is 2. The summed E-state index contributed by atoms with van der Waals surface area (Å²) in [7, 11) is 0. The number of rotatable bonds is 6. The maximum absolute atomic E-state index is 13.6. The standard InChI is InChI=1S/C15H18BrFN2O7/c1-3-9(20)24-6-8-12(26-10(21)4-2)11(16)14(25-8)19-5-7(17)13(22)18-15(19)23/h5,8,11-12,14H,3-4,6H2,1-2H3,(H,18,22,23)/t8-,11+,12-,14-/m0/s1. The second-order valence-corrected chi connectivity index (χ2v) is 6.56. The molecule has 2 rings (SSSR count). The van der Waals surface area contributed by atoms with Crippen molar-refractivity contribution in [1.29, 1.82) is 0 Å². The number of nitrogens with one attached hydrogen (secondary N) is 1. The van der Waals surface area contributed by atoms with Gasteiger partial charge in [0, 0.05) is 12.8 Å². The monoisotopic (exact) mass is 436 g/mol. The summed E-state index contributed by atoms with van der Waals surface area (Å²) >= 11 is 3.29. The van der Waals surface area contributed by atoms with Crippen LogP contribution in [0.25, 0.3) is 0 Å². The Morgan fingerprint density at radius 2 is 1.96 bits per heavy atom. The zero-order valence-corrected chi connectivity index (χ0v) is 15.7. The molecule has 0 saturated carbocycles. The summed E-state index contributed by atoms with van der Waals surface area (Å²) < 4.78 is 30.4. The molecule has 0 aromatic carbocycles. The van der Waals surface area contributed by atoms with Crippen molar-refractivity contribution in [2.24, 2.45) is 0 Å². The smallest absolute Gasteiger partial charge is 0.330 e. The van der Waals surface area contributed by atoms with Crippen molar-refractivity contribution in [3.63, 3.8) is 0 Å². The average Bonchev–Trinajstić information content (AvgIpc) is 2.91. The minimum Gasteiger partial charge on any atom is -0.463 e. The van der Waals surface area contributed by atoms with Crippen LogP contribution in [0, 0.1) is 5.82 Å². The minimum absolute atomic E-state index is 0.107. The molecule has 0 unspecified atom stereocenters. The van der Waals surface area contributed by atoms with Crippen molar-refractivity contribution in [3.8, 4) is 0 Å². The van der Waals surface area contributed by atoms with E-state index in [2.05, 4.69) is 15.9 Å². The Labute approximate surface area is 155 Å². The Hall–Kier alpha value is -2.01. The third kappa shape index (κ3) is 4.39. The molecule has 1 N–H and O–H groups in total. The molecule has 0 aliphatic carbocycles. The van der Waals surface area contributed by atoms with Gasteiger partial charge in [0.25, 0.3) is 5.56 Å². The molecular formula is C15H18BrFN2O7. The van der Waals surface area contributed by atoms with E-state index in [0.29, 0.717) is 6.20 Å². The summed E-state index contributed by atoms with van der Waals surface area (Å²) in [6.45, 7) is 3.01. The van der Waals surface area contributed by atoms with Crippen LogP contribution in [0.2, 0.25) is 0 Å². The number of hydrogen-bond acceptors (Lipinski definition) is 7. The van der Waals surface area contributed by atoms with Gasteiger partial charge in [-0.15, -0.1) is 0 Å². The van der Waals surface area contributed by atoms with Crippen LogP contribution in [0.4, 0.5) is 4.39 Å². The highest BCUT2D eigenvalue weighted by molar-refractivity contribution is 9.09. The Bertz CT molecular complexity index is 793. The van der Waals surface area contributed by atoms with Crippen molar-refractivity contribution in [2.75, 3.05) is 6.61 Å². The van der Waals surface area contributed by atoms with Crippen molar-refractivity contribution >= 4 is 27.9 Å². The summed E-state index contributed by atoms with van der Waals surface area (Å²) in [5.41, 5.74) is -2.05. The van der Waals surface area contributed by atoms with Crippen LogP contribution in [0.15, 0.2) is 15.8 Å². The number of H-pyrrole nitrogens is 1. The zero-order valence-electron chi connectivity index (χ0n) is 14.1. The molecule has 1 fully saturated rings. The second-order valence-electron chi connectivity index (χ2n) is 5.50. The van der Waals surface area contributed by atoms with Gasteiger partial charge in [0.1, 0.15) is 18.8 Å². The van der Waals surface area contributed by atoms with E-state index in [0.717, 1.165) is 4.57 Å². The first-order valence-electron chi connectivity index (χ1n) is 7.94. The molecule has 0 spiro atoms. The van der Waals surface area contributed by atoms with Crippen LogP contribution in [0.5, 0.6) is 0 Å². The van der Waals surface area contributed by atoms with Gasteiger partial charge in [-0.05, 0) is 0 Å². The Balaban J connectivity index is 2.30. The van der Waals surface area contributed by atoms with Gasteiger partial charge in [0.05, 0.1) is 11.0 Å². The van der Waals surface area contributed by atoms with Crippen LogP contribution in [-0.2, 0) is 23.8 Å². The Morgan fingerprint density at radius 3 is 2.58 bits per heavy atom. The zero-order chi connectivity index (χ0) is 19.4. The number of halogens is 2. The first kappa shape index (κ1) is 20.3. The van der Waals surface area contributed by atoms with Crippen LogP contribution in [0.1, 0.15) is 32.9 Å². The van der Waals surface area contributed by atoms with Crippen molar-refractivity contribution in [1.82, 2.24) is 9.55 Å². The summed E-state index contributed by atoms with van der Waals surface area (Å²) in [5.74, 6) is -2.16. The van der Waals surface area contributed by atoms with Crippen LogP contribution in [0.3, 0.4) is 0 Å². The van der Waals surface area contributed by atoms with Gasteiger partial charge in [-0.1, -0.05) is 29.8 Å². The van der Waals surface area contributed by atoms with Crippen molar-refractivity contribution in [3.05, 3.63) is 32.9 Å². The van der Waals surface area contributed by atoms with Crippen LogP contribution in [-0.4, -0.2) is 45.1 Å². The predicted molar refractivity (Wildman–Crippen MR) is 89.3 cm³/mol. The average molecular weight is 437 g/mol. The van der Waals surface area contributed by atoms with E-state index >= 15 is 0 Å². The molecule has 9 nitrogen and oxygen atoms in total. The number of esters is 2. The number of hydrogen-bond donors (Lipinski definition) is 1. The van der Waals surface area contributed by atoms with Gasteiger partial charge < -0.3 is 14.2 Å². The molecule has 11 heteroatoms. The fourth-order valence-electron chi connectivity index (χ4n) is 2.35. The lowest BCUT2D eigenvalue weighted by Crippen LogP contribution is -2.38. The molecule has 0 amide bonds. The number of carbonyl (C=O) groups is 2. The largest absolute Gasteiger partial charge is 0.463 e. The Morgan fingerprint density at radius 1 is 1.31 bits per heavy atom. The van der Waals surface area contributed by atoms with E-state index < -0.39 is 52.3 Å². The maximum Gasteiger partial charge on any atom is 0.330 e. The Kier molecular flexibility index (Phi) is 6.70. The minimum atomic E-state index is -1.17. The quantitative estimate of drug-likeness (QED) is 0.512. The highest BCUT2D eigenvalue weighted by atomic mass is 79.9. The number of nitrogens with zero attached hydrogens (tertiary/aromatic N) is 1. The van der Waals surface area contributed by atoms with Gasteiger partial charge in [0.2, 0.25) is 5.82 Å². The van der Waals surface area contributed by atoms with E-state index in [4.69, 9.17) is 14.2 Å². The SMILES string of the molecule is CCC(=O)OC[C@@H]1O[C@H](n2cc(F)c(=O)[nH]c2=O)[C@H](Br)[C@H]1OC(=O)CC. The number of ether oxygens (including phenoxy) is 3. The lowest BCUT2D eigenvalue weighted by Gasteiger charge is -2.20. The fourth-order valence-corrected chi connectivity index (χ4v) is 3.18. The third-order valence-electron chi connectivity index (χ3n) is 3.72. The number of aromatic amines is 1. The second kappa shape index (κ2) is 8.58. The lowest BCUT2D eigenvalue weighted by atomic mass is 10.2. The van der Waals surface area contributed by atoms with E-state index in [-0.39, 0.29) is 19.4 Å².